The Labute approximate surface area is 151 Å². The highest BCUT2D eigenvalue weighted by atomic mass is 16.1. The second-order valence-corrected chi connectivity index (χ2v) is 7.81. The van der Waals surface area contributed by atoms with Crippen LogP contribution in [-0.4, -0.2) is 30.8 Å². The van der Waals surface area contributed by atoms with Crippen LogP contribution in [0.2, 0.25) is 0 Å². The molecule has 0 saturated carbocycles. The second kappa shape index (κ2) is 17.5. The van der Waals surface area contributed by atoms with Gasteiger partial charge in [0.2, 0.25) is 0 Å². The van der Waals surface area contributed by atoms with Gasteiger partial charge in [-0.05, 0) is 45.3 Å². The number of likely N-dealkylation sites (tertiary alicyclic amines) is 1. The Hall–Kier alpha value is -0.370. The molecule has 0 aliphatic carbocycles. The van der Waals surface area contributed by atoms with Crippen molar-refractivity contribution in [1.29, 1.82) is 0 Å². The van der Waals surface area contributed by atoms with Crippen LogP contribution in [0.25, 0.3) is 0 Å². The molecule has 142 valence electrons. The van der Waals surface area contributed by atoms with Crippen LogP contribution in [0.4, 0.5) is 0 Å². The lowest BCUT2D eigenvalue weighted by molar-refractivity contribution is -0.107. The first kappa shape index (κ1) is 21.7. The molecule has 0 atom stereocenters. The minimum absolute atomic E-state index is 0.762. The fourth-order valence-electron chi connectivity index (χ4n) is 3.87. The van der Waals surface area contributed by atoms with E-state index < -0.39 is 0 Å². The molecular formula is C22H43NO. The Bertz CT molecular complexity index is 261. The lowest BCUT2D eigenvalue weighted by atomic mass is 10.0. The van der Waals surface area contributed by atoms with E-state index in [0.29, 0.717) is 0 Å². The highest BCUT2D eigenvalue weighted by Gasteiger charge is 2.09. The fraction of sp³-hybridized carbons (Fsp3) is 0.955. The predicted octanol–water partition coefficient (Wildman–Crippen LogP) is 6.52. The van der Waals surface area contributed by atoms with Crippen molar-refractivity contribution in [2.45, 2.75) is 116 Å². The zero-order valence-electron chi connectivity index (χ0n) is 16.3. The van der Waals surface area contributed by atoms with Crippen molar-refractivity contribution >= 4 is 6.29 Å². The summed E-state index contributed by atoms with van der Waals surface area (Å²) < 4.78 is 0. The van der Waals surface area contributed by atoms with Gasteiger partial charge in [-0.25, -0.2) is 0 Å². The molecule has 1 rings (SSSR count). The lowest BCUT2D eigenvalue weighted by Gasteiger charge is -2.13. The van der Waals surface area contributed by atoms with Crippen molar-refractivity contribution in [2.75, 3.05) is 19.6 Å². The van der Waals surface area contributed by atoms with Crippen molar-refractivity contribution in [2.24, 2.45) is 0 Å². The molecule has 1 aliphatic rings. The van der Waals surface area contributed by atoms with Gasteiger partial charge in [0.15, 0.2) is 0 Å². The van der Waals surface area contributed by atoms with E-state index in [4.69, 9.17) is 0 Å². The largest absolute Gasteiger partial charge is 0.303 e. The van der Waals surface area contributed by atoms with Gasteiger partial charge in [0.25, 0.3) is 0 Å². The molecule has 1 aliphatic heterocycles. The van der Waals surface area contributed by atoms with Crippen molar-refractivity contribution in [1.82, 2.24) is 4.90 Å². The molecule has 0 radical (unpaired) electrons. The predicted molar refractivity (Wildman–Crippen MR) is 106 cm³/mol. The van der Waals surface area contributed by atoms with Crippen molar-refractivity contribution in [3.63, 3.8) is 0 Å². The number of carbonyl (C=O) groups excluding carboxylic acids is 1. The summed E-state index contributed by atoms with van der Waals surface area (Å²) in [4.78, 5) is 12.8. The third-order valence-corrected chi connectivity index (χ3v) is 5.50. The number of rotatable bonds is 18. The van der Waals surface area contributed by atoms with E-state index in [2.05, 4.69) is 4.90 Å². The van der Waals surface area contributed by atoms with Gasteiger partial charge in [-0.3, -0.25) is 0 Å². The summed E-state index contributed by atoms with van der Waals surface area (Å²) >= 11 is 0. The molecule has 0 unspecified atom stereocenters. The minimum atomic E-state index is 0.762. The van der Waals surface area contributed by atoms with Gasteiger partial charge in [0.1, 0.15) is 6.29 Å². The molecule has 0 bridgehead atoms. The molecule has 0 N–H and O–H groups in total. The Morgan fingerprint density at radius 3 is 1.33 bits per heavy atom. The van der Waals surface area contributed by atoms with Crippen LogP contribution >= 0.6 is 0 Å². The SMILES string of the molecule is O=CCCCCCCCCCCCCCCCCCN1CCCC1. The zero-order valence-corrected chi connectivity index (χ0v) is 16.3. The lowest BCUT2D eigenvalue weighted by Crippen LogP contribution is -2.20. The van der Waals surface area contributed by atoms with Gasteiger partial charge >= 0.3 is 0 Å². The topological polar surface area (TPSA) is 20.3 Å². The second-order valence-electron chi connectivity index (χ2n) is 7.81. The number of carbonyl (C=O) groups is 1. The Balaban J connectivity index is 1.64. The molecule has 2 nitrogen and oxygen atoms in total. The summed E-state index contributed by atoms with van der Waals surface area (Å²) in [5.74, 6) is 0. The first-order chi connectivity index (χ1) is 11.9. The summed E-state index contributed by atoms with van der Waals surface area (Å²) in [5.41, 5.74) is 0. The number of nitrogens with zero attached hydrogens (tertiary/aromatic N) is 1. The first-order valence-corrected chi connectivity index (χ1v) is 11.1. The standard InChI is InChI=1S/C22H43NO/c24-22-18-14-12-10-8-6-4-2-1-3-5-7-9-11-13-15-19-23-20-16-17-21-23/h22H,1-21H2. The number of hydrogen-bond donors (Lipinski definition) is 0. The van der Waals surface area contributed by atoms with Crippen molar-refractivity contribution < 1.29 is 4.79 Å². The number of hydrogen-bond acceptors (Lipinski definition) is 2. The molecule has 1 fully saturated rings. The monoisotopic (exact) mass is 337 g/mol. The van der Waals surface area contributed by atoms with Crippen LogP contribution in [0.3, 0.4) is 0 Å². The Morgan fingerprint density at radius 1 is 0.542 bits per heavy atom. The van der Waals surface area contributed by atoms with Gasteiger partial charge in [0, 0.05) is 6.42 Å². The van der Waals surface area contributed by atoms with E-state index in [-0.39, 0.29) is 0 Å². The molecule has 1 saturated heterocycles. The summed E-state index contributed by atoms with van der Waals surface area (Å²) in [5, 5.41) is 0. The van der Waals surface area contributed by atoms with Crippen molar-refractivity contribution in [3.8, 4) is 0 Å². The van der Waals surface area contributed by atoms with Crippen molar-refractivity contribution in [3.05, 3.63) is 0 Å². The highest BCUT2D eigenvalue weighted by Crippen LogP contribution is 2.14. The summed E-state index contributed by atoms with van der Waals surface area (Å²) in [6.07, 6.45) is 25.6. The van der Waals surface area contributed by atoms with Crippen LogP contribution in [0.5, 0.6) is 0 Å². The highest BCUT2D eigenvalue weighted by molar-refractivity contribution is 5.48. The molecule has 2 heteroatoms. The fourth-order valence-corrected chi connectivity index (χ4v) is 3.87. The van der Waals surface area contributed by atoms with Gasteiger partial charge in [-0.2, -0.15) is 0 Å². The molecule has 0 spiro atoms. The molecule has 0 amide bonds. The normalized spacial score (nSPS) is 15.2. The van der Waals surface area contributed by atoms with Gasteiger partial charge in [0.05, 0.1) is 0 Å². The number of unbranched alkanes of at least 4 members (excludes halogenated alkanes) is 15. The van der Waals surface area contributed by atoms with Crippen LogP contribution in [0, 0.1) is 0 Å². The number of aldehydes is 1. The minimum Gasteiger partial charge on any atom is -0.303 e. The average molecular weight is 338 g/mol. The first-order valence-electron chi connectivity index (χ1n) is 11.1. The van der Waals surface area contributed by atoms with E-state index in [1.165, 1.54) is 122 Å². The van der Waals surface area contributed by atoms with E-state index in [1.807, 2.05) is 0 Å². The summed E-state index contributed by atoms with van der Waals surface area (Å²) in [7, 11) is 0. The van der Waals surface area contributed by atoms with E-state index >= 15 is 0 Å². The molecular weight excluding hydrogens is 294 g/mol. The summed E-state index contributed by atoms with van der Waals surface area (Å²) in [6, 6.07) is 0. The van der Waals surface area contributed by atoms with Gasteiger partial charge in [-0.15, -0.1) is 0 Å². The third kappa shape index (κ3) is 14.0. The Kier molecular flexibility index (Phi) is 15.8. The van der Waals surface area contributed by atoms with Crippen LogP contribution in [-0.2, 0) is 4.79 Å². The molecule has 24 heavy (non-hydrogen) atoms. The van der Waals surface area contributed by atoms with Crippen LogP contribution in [0.1, 0.15) is 116 Å². The van der Waals surface area contributed by atoms with Gasteiger partial charge in [-0.1, -0.05) is 83.5 Å². The molecule has 1 heterocycles. The molecule has 0 aromatic heterocycles. The molecule has 0 aromatic carbocycles. The quantitative estimate of drug-likeness (QED) is 0.209. The van der Waals surface area contributed by atoms with Crippen LogP contribution < -0.4 is 0 Å². The third-order valence-electron chi connectivity index (χ3n) is 5.50. The maximum atomic E-state index is 10.2. The maximum Gasteiger partial charge on any atom is 0.119 e. The van der Waals surface area contributed by atoms with Crippen LogP contribution in [0.15, 0.2) is 0 Å². The summed E-state index contributed by atoms with van der Waals surface area (Å²) in [6.45, 7) is 4.08. The smallest absolute Gasteiger partial charge is 0.119 e. The maximum absolute atomic E-state index is 10.2. The van der Waals surface area contributed by atoms with E-state index in [9.17, 15) is 4.79 Å². The average Bonchev–Trinajstić information content (AvgIpc) is 3.11. The van der Waals surface area contributed by atoms with E-state index in [1.54, 1.807) is 0 Å². The van der Waals surface area contributed by atoms with Gasteiger partial charge < -0.3 is 9.69 Å². The van der Waals surface area contributed by atoms with E-state index in [0.717, 1.165) is 19.1 Å². The Morgan fingerprint density at radius 2 is 0.917 bits per heavy atom. The molecule has 0 aromatic rings. The zero-order chi connectivity index (χ0) is 17.1.